The minimum absolute atomic E-state index is 0.0171. The first-order chi connectivity index (χ1) is 10.2. The monoisotopic (exact) mass is 295 g/mol. The normalized spacial score (nSPS) is 24.6. The summed E-state index contributed by atoms with van der Waals surface area (Å²) in [7, 11) is 0. The first-order valence-electron chi connectivity index (χ1n) is 7.55. The van der Waals surface area contributed by atoms with Gasteiger partial charge in [0.05, 0.1) is 25.9 Å². The number of rotatable bonds is 4. The summed E-state index contributed by atoms with van der Waals surface area (Å²) in [4.78, 5) is 2.36. The molecule has 0 aliphatic carbocycles. The van der Waals surface area contributed by atoms with Crippen LogP contribution in [0.4, 0.5) is 4.39 Å². The van der Waals surface area contributed by atoms with Crippen LogP contribution >= 0.6 is 0 Å². The summed E-state index contributed by atoms with van der Waals surface area (Å²) in [5, 5.41) is 0. The predicted molar refractivity (Wildman–Crippen MR) is 76.6 cm³/mol. The van der Waals surface area contributed by atoms with Crippen molar-refractivity contribution in [2.45, 2.75) is 25.7 Å². The van der Waals surface area contributed by atoms with Gasteiger partial charge in [-0.15, -0.1) is 0 Å². The van der Waals surface area contributed by atoms with E-state index in [1.807, 2.05) is 12.1 Å². The molecule has 1 aromatic rings. The van der Waals surface area contributed by atoms with Crippen molar-refractivity contribution in [3.63, 3.8) is 0 Å². The van der Waals surface area contributed by atoms with Crippen molar-refractivity contribution in [2.75, 3.05) is 39.5 Å². The zero-order valence-electron chi connectivity index (χ0n) is 12.4. The van der Waals surface area contributed by atoms with Crippen LogP contribution in [0.1, 0.15) is 23.7 Å². The number of halogens is 1. The fraction of sp³-hybridized carbons (Fsp3) is 0.625. The van der Waals surface area contributed by atoms with Crippen molar-refractivity contribution in [3.8, 4) is 0 Å². The van der Waals surface area contributed by atoms with Crippen molar-refractivity contribution in [1.29, 1.82) is 0 Å². The fourth-order valence-electron chi connectivity index (χ4n) is 2.84. The highest BCUT2D eigenvalue weighted by molar-refractivity contribution is 5.26. The number of ether oxygens (including phenoxy) is 3. The van der Waals surface area contributed by atoms with Crippen LogP contribution < -0.4 is 0 Å². The zero-order valence-corrected chi connectivity index (χ0v) is 12.4. The molecule has 0 spiro atoms. The molecule has 21 heavy (non-hydrogen) atoms. The zero-order chi connectivity index (χ0) is 14.7. The van der Waals surface area contributed by atoms with Crippen LogP contribution in [0.2, 0.25) is 0 Å². The van der Waals surface area contributed by atoms with Gasteiger partial charge in [-0.25, -0.2) is 4.39 Å². The fourth-order valence-corrected chi connectivity index (χ4v) is 2.84. The van der Waals surface area contributed by atoms with Crippen LogP contribution in [-0.4, -0.2) is 50.6 Å². The molecule has 0 saturated carbocycles. The van der Waals surface area contributed by atoms with Gasteiger partial charge < -0.3 is 14.2 Å². The van der Waals surface area contributed by atoms with Crippen LogP contribution in [0, 0.1) is 12.7 Å². The molecule has 2 heterocycles. The Balaban J connectivity index is 1.55. The van der Waals surface area contributed by atoms with Crippen LogP contribution in [-0.2, 0) is 14.2 Å². The molecule has 0 radical (unpaired) electrons. The predicted octanol–water partition coefficient (Wildman–Crippen LogP) is 2.27. The van der Waals surface area contributed by atoms with Crippen LogP contribution in [0.3, 0.4) is 0 Å². The first kappa shape index (κ1) is 14.9. The molecule has 5 heteroatoms. The lowest BCUT2D eigenvalue weighted by Gasteiger charge is -2.33. The van der Waals surface area contributed by atoms with Gasteiger partial charge in [-0.3, -0.25) is 4.90 Å². The average Bonchev–Trinajstić information content (AvgIpc) is 3.02. The van der Waals surface area contributed by atoms with E-state index in [0.717, 1.165) is 31.6 Å². The number of morpholine rings is 1. The largest absolute Gasteiger partial charge is 0.371 e. The van der Waals surface area contributed by atoms with Gasteiger partial charge in [0.25, 0.3) is 0 Å². The van der Waals surface area contributed by atoms with Gasteiger partial charge in [0.2, 0.25) is 0 Å². The third kappa shape index (κ3) is 3.80. The molecule has 2 saturated heterocycles. The molecule has 0 unspecified atom stereocenters. The molecule has 0 bridgehead atoms. The number of benzene rings is 1. The summed E-state index contributed by atoms with van der Waals surface area (Å²) in [6.45, 7) is 6.57. The molecule has 0 aromatic heterocycles. The summed E-state index contributed by atoms with van der Waals surface area (Å²) in [5.74, 6) is -0.165. The quantitative estimate of drug-likeness (QED) is 0.852. The van der Waals surface area contributed by atoms with E-state index < -0.39 is 0 Å². The smallest absolute Gasteiger partial charge is 0.159 e. The molecule has 2 aliphatic heterocycles. The van der Waals surface area contributed by atoms with Crippen LogP contribution in [0.15, 0.2) is 18.2 Å². The van der Waals surface area contributed by atoms with Gasteiger partial charge in [-0.1, -0.05) is 12.1 Å². The van der Waals surface area contributed by atoms with E-state index in [1.165, 1.54) is 6.07 Å². The second-order valence-electron chi connectivity index (χ2n) is 5.63. The third-order valence-electron chi connectivity index (χ3n) is 4.08. The molecule has 1 atom stereocenters. The number of aryl methyl sites for hydroxylation is 1. The van der Waals surface area contributed by atoms with Crippen LogP contribution in [0.5, 0.6) is 0 Å². The standard InChI is InChI=1S/C16H22FNO3/c1-12-10-13(2-3-14(12)17)15-11-18(6-7-19-15)5-4-16-20-8-9-21-16/h2-3,10,15-16H,4-9,11H2,1H3/t15-/m1/s1. The average molecular weight is 295 g/mol. The molecule has 1 aromatic carbocycles. The van der Waals surface area contributed by atoms with Gasteiger partial charge in [0.15, 0.2) is 6.29 Å². The SMILES string of the molecule is Cc1cc([C@H]2CN(CCC3OCCO3)CCO2)ccc1F. The second kappa shape index (κ2) is 6.83. The molecule has 116 valence electrons. The first-order valence-corrected chi connectivity index (χ1v) is 7.55. The Morgan fingerprint density at radius 3 is 2.76 bits per heavy atom. The van der Waals surface area contributed by atoms with Gasteiger partial charge in [0.1, 0.15) is 5.82 Å². The third-order valence-corrected chi connectivity index (χ3v) is 4.08. The Morgan fingerprint density at radius 1 is 1.19 bits per heavy atom. The lowest BCUT2D eigenvalue weighted by molar-refractivity contribution is -0.0674. The summed E-state index contributed by atoms with van der Waals surface area (Å²) in [5.41, 5.74) is 1.72. The van der Waals surface area contributed by atoms with E-state index in [4.69, 9.17) is 14.2 Å². The van der Waals surface area contributed by atoms with Gasteiger partial charge in [-0.05, 0) is 24.1 Å². The van der Waals surface area contributed by atoms with Gasteiger partial charge >= 0.3 is 0 Å². The van der Waals surface area contributed by atoms with Crippen molar-refractivity contribution >= 4 is 0 Å². The molecule has 2 aliphatic rings. The summed E-state index contributed by atoms with van der Waals surface area (Å²) in [6.07, 6.45) is 0.845. The van der Waals surface area contributed by atoms with E-state index in [0.29, 0.717) is 25.4 Å². The summed E-state index contributed by atoms with van der Waals surface area (Å²) < 4.78 is 30.1. The minimum atomic E-state index is -0.165. The Morgan fingerprint density at radius 2 is 2.00 bits per heavy atom. The van der Waals surface area contributed by atoms with E-state index in [1.54, 1.807) is 6.92 Å². The van der Waals surface area contributed by atoms with Gasteiger partial charge in [0, 0.05) is 26.1 Å². The number of nitrogens with zero attached hydrogens (tertiary/aromatic N) is 1. The van der Waals surface area contributed by atoms with Gasteiger partial charge in [-0.2, -0.15) is 0 Å². The Hall–Kier alpha value is -1.01. The van der Waals surface area contributed by atoms with E-state index in [-0.39, 0.29) is 18.2 Å². The maximum atomic E-state index is 13.4. The molecule has 2 fully saturated rings. The lowest BCUT2D eigenvalue weighted by Crippen LogP contribution is -2.39. The highest BCUT2D eigenvalue weighted by Gasteiger charge is 2.24. The molecule has 0 amide bonds. The Bertz CT molecular complexity index is 477. The molecular formula is C16H22FNO3. The highest BCUT2D eigenvalue weighted by Crippen LogP contribution is 2.24. The van der Waals surface area contributed by atoms with Crippen molar-refractivity contribution in [1.82, 2.24) is 4.90 Å². The summed E-state index contributed by atoms with van der Waals surface area (Å²) >= 11 is 0. The summed E-state index contributed by atoms with van der Waals surface area (Å²) in [6, 6.07) is 5.22. The molecule has 3 rings (SSSR count). The second-order valence-corrected chi connectivity index (χ2v) is 5.63. The minimum Gasteiger partial charge on any atom is -0.371 e. The van der Waals surface area contributed by atoms with E-state index in [2.05, 4.69) is 4.90 Å². The van der Waals surface area contributed by atoms with E-state index in [9.17, 15) is 4.39 Å². The topological polar surface area (TPSA) is 30.9 Å². The van der Waals surface area contributed by atoms with Crippen molar-refractivity contribution in [3.05, 3.63) is 35.1 Å². The maximum Gasteiger partial charge on any atom is 0.159 e. The highest BCUT2D eigenvalue weighted by atomic mass is 19.1. The van der Waals surface area contributed by atoms with E-state index >= 15 is 0 Å². The van der Waals surface area contributed by atoms with Crippen molar-refractivity contribution in [2.24, 2.45) is 0 Å². The number of hydrogen-bond acceptors (Lipinski definition) is 4. The maximum absolute atomic E-state index is 13.4. The molecular weight excluding hydrogens is 273 g/mol. The lowest BCUT2D eigenvalue weighted by atomic mass is 10.0. The Labute approximate surface area is 124 Å². The molecule has 0 N–H and O–H groups in total. The van der Waals surface area contributed by atoms with Crippen LogP contribution in [0.25, 0.3) is 0 Å². The number of hydrogen-bond donors (Lipinski definition) is 0. The van der Waals surface area contributed by atoms with Crippen molar-refractivity contribution < 1.29 is 18.6 Å². The molecule has 4 nitrogen and oxygen atoms in total. The Kier molecular flexibility index (Phi) is 4.85.